The highest BCUT2D eigenvalue weighted by atomic mass is 35.5. The molecule has 3 rings (SSSR count). The first-order valence-electron chi connectivity index (χ1n) is 8.41. The molecule has 3 aromatic carbocycles. The van der Waals surface area contributed by atoms with Gasteiger partial charge in [0.05, 0.1) is 22.1 Å². The number of halogens is 1. The van der Waals surface area contributed by atoms with Crippen LogP contribution in [0.15, 0.2) is 72.8 Å². The zero-order valence-electron chi connectivity index (χ0n) is 14.9. The highest BCUT2D eigenvalue weighted by Crippen LogP contribution is 2.23. The Hall–Kier alpha value is -3.95. The van der Waals surface area contributed by atoms with Crippen LogP contribution in [0.25, 0.3) is 11.6 Å². The number of benzene rings is 3. The van der Waals surface area contributed by atoms with Gasteiger partial charge >= 0.3 is 5.97 Å². The van der Waals surface area contributed by atoms with Crippen molar-refractivity contribution in [3.63, 3.8) is 0 Å². The lowest BCUT2D eigenvalue weighted by molar-refractivity contribution is -0.384. The summed E-state index contributed by atoms with van der Waals surface area (Å²) in [5, 5.41) is 20.7. The molecule has 0 radical (unpaired) electrons. The Kier molecular flexibility index (Phi) is 6.03. The van der Waals surface area contributed by atoms with E-state index >= 15 is 0 Å². The van der Waals surface area contributed by atoms with Gasteiger partial charge in [-0.3, -0.25) is 10.1 Å². The largest absolute Gasteiger partial charge is 0.423 e. The van der Waals surface area contributed by atoms with Crippen LogP contribution in [-0.4, -0.2) is 10.9 Å². The molecule has 7 heteroatoms. The van der Waals surface area contributed by atoms with Crippen molar-refractivity contribution < 1.29 is 14.5 Å². The molecule has 0 fully saturated rings. The molecule has 0 bridgehead atoms. The lowest BCUT2D eigenvalue weighted by Gasteiger charge is -2.06. The summed E-state index contributed by atoms with van der Waals surface area (Å²) in [5.41, 5.74) is 1.82. The number of allylic oxidation sites excluding steroid dienone is 1. The molecule has 0 heterocycles. The van der Waals surface area contributed by atoms with E-state index < -0.39 is 10.9 Å². The van der Waals surface area contributed by atoms with E-state index in [2.05, 4.69) is 6.07 Å². The van der Waals surface area contributed by atoms with E-state index in [1.54, 1.807) is 54.6 Å². The van der Waals surface area contributed by atoms with Gasteiger partial charge in [0.2, 0.25) is 0 Å². The van der Waals surface area contributed by atoms with Gasteiger partial charge < -0.3 is 4.74 Å². The van der Waals surface area contributed by atoms with Gasteiger partial charge in [0.1, 0.15) is 5.75 Å². The van der Waals surface area contributed by atoms with Gasteiger partial charge in [0.25, 0.3) is 5.69 Å². The summed E-state index contributed by atoms with van der Waals surface area (Å²) in [5.74, 6) is -0.359. The number of esters is 1. The van der Waals surface area contributed by atoms with Crippen LogP contribution in [0.5, 0.6) is 5.75 Å². The van der Waals surface area contributed by atoms with Crippen molar-refractivity contribution in [3.8, 4) is 11.8 Å². The SMILES string of the molecule is N#C/C(=C/c1cccc(OC(=O)c2ccc([N+](=O)[O-])cc2)c1)c1cccc(Cl)c1. The van der Waals surface area contributed by atoms with Gasteiger partial charge in [0, 0.05) is 17.2 Å². The molecule has 0 spiro atoms. The standard InChI is InChI=1S/C22H13ClN2O4/c23-19-5-2-4-17(13-19)18(14-24)11-15-3-1-6-21(12-15)29-22(26)16-7-9-20(10-8-16)25(27)28/h1-13H/b18-11-. The minimum atomic E-state index is -0.642. The average molecular weight is 405 g/mol. The maximum absolute atomic E-state index is 12.3. The lowest BCUT2D eigenvalue weighted by atomic mass is 10.0. The monoisotopic (exact) mass is 404 g/mol. The number of carbonyl (C=O) groups excluding carboxylic acids is 1. The van der Waals surface area contributed by atoms with Crippen molar-refractivity contribution in [2.75, 3.05) is 0 Å². The highest BCUT2D eigenvalue weighted by molar-refractivity contribution is 6.30. The van der Waals surface area contributed by atoms with Gasteiger partial charge in [-0.15, -0.1) is 0 Å². The Morgan fingerprint density at radius 3 is 2.41 bits per heavy atom. The molecule has 0 atom stereocenters. The van der Waals surface area contributed by atoms with Crippen LogP contribution in [-0.2, 0) is 0 Å². The molecular formula is C22H13ClN2O4. The van der Waals surface area contributed by atoms with Crippen LogP contribution in [0.3, 0.4) is 0 Å². The third kappa shape index (κ3) is 5.06. The number of ether oxygens (including phenoxy) is 1. The van der Waals surface area contributed by atoms with E-state index in [1.807, 2.05) is 0 Å². The molecule has 0 unspecified atom stereocenters. The molecule has 142 valence electrons. The van der Waals surface area contributed by atoms with Crippen LogP contribution in [0.4, 0.5) is 5.69 Å². The third-order valence-corrected chi connectivity index (χ3v) is 4.18. The van der Waals surface area contributed by atoms with Crippen LogP contribution >= 0.6 is 11.6 Å². The summed E-state index contributed by atoms with van der Waals surface area (Å²) in [7, 11) is 0. The molecule has 0 aliphatic rings. The van der Waals surface area contributed by atoms with Crippen molar-refractivity contribution in [3.05, 3.63) is 105 Å². The van der Waals surface area contributed by atoms with Crippen molar-refractivity contribution in [2.45, 2.75) is 0 Å². The number of hydrogen-bond donors (Lipinski definition) is 0. The second-order valence-electron chi connectivity index (χ2n) is 5.95. The van der Waals surface area contributed by atoms with Crippen molar-refractivity contribution >= 4 is 34.9 Å². The minimum absolute atomic E-state index is 0.112. The van der Waals surface area contributed by atoms with Crippen molar-refractivity contribution in [2.24, 2.45) is 0 Å². The van der Waals surface area contributed by atoms with E-state index in [0.717, 1.165) is 0 Å². The number of rotatable bonds is 5. The van der Waals surface area contributed by atoms with Gasteiger partial charge in [-0.1, -0.05) is 35.9 Å². The fourth-order valence-corrected chi connectivity index (χ4v) is 2.75. The summed E-state index contributed by atoms with van der Waals surface area (Å²) in [6.07, 6.45) is 1.66. The zero-order valence-corrected chi connectivity index (χ0v) is 15.7. The predicted octanol–water partition coefficient (Wildman–Crippen LogP) is 5.53. The van der Waals surface area contributed by atoms with E-state index in [0.29, 0.717) is 21.7 Å². The number of nitrogens with zero attached hydrogens (tertiary/aromatic N) is 2. The topological polar surface area (TPSA) is 93.2 Å². The maximum atomic E-state index is 12.3. The Morgan fingerprint density at radius 2 is 1.76 bits per heavy atom. The molecule has 0 amide bonds. The second kappa shape index (κ2) is 8.83. The summed E-state index contributed by atoms with van der Waals surface area (Å²) in [6, 6.07) is 20.9. The highest BCUT2D eigenvalue weighted by Gasteiger charge is 2.12. The van der Waals surface area contributed by atoms with E-state index in [9.17, 15) is 20.2 Å². The number of carbonyl (C=O) groups is 1. The molecule has 6 nitrogen and oxygen atoms in total. The van der Waals surface area contributed by atoms with Crippen LogP contribution < -0.4 is 4.74 Å². The predicted molar refractivity (Wildman–Crippen MR) is 109 cm³/mol. The first-order chi connectivity index (χ1) is 14.0. The maximum Gasteiger partial charge on any atom is 0.343 e. The molecule has 3 aromatic rings. The van der Waals surface area contributed by atoms with Crippen molar-refractivity contribution in [1.29, 1.82) is 5.26 Å². The second-order valence-corrected chi connectivity index (χ2v) is 6.38. The normalized spacial score (nSPS) is 10.8. The van der Waals surface area contributed by atoms with E-state index in [4.69, 9.17) is 16.3 Å². The first kappa shape index (κ1) is 19.8. The molecular weight excluding hydrogens is 392 g/mol. The number of non-ortho nitro benzene ring substituents is 1. The minimum Gasteiger partial charge on any atom is -0.423 e. The number of nitro groups is 1. The van der Waals surface area contributed by atoms with Crippen LogP contribution in [0, 0.1) is 21.4 Å². The number of nitriles is 1. The fourth-order valence-electron chi connectivity index (χ4n) is 2.56. The zero-order chi connectivity index (χ0) is 20.8. The lowest BCUT2D eigenvalue weighted by Crippen LogP contribution is -2.08. The molecule has 0 aliphatic carbocycles. The molecule has 0 aliphatic heterocycles. The van der Waals surface area contributed by atoms with Gasteiger partial charge in [0.15, 0.2) is 0 Å². The number of nitro benzene ring substituents is 1. The summed E-state index contributed by atoms with van der Waals surface area (Å²) >= 11 is 5.99. The molecule has 0 aromatic heterocycles. The Labute approximate surface area is 171 Å². The summed E-state index contributed by atoms with van der Waals surface area (Å²) in [4.78, 5) is 22.4. The number of hydrogen-bond acceptors (Lipinski definition) is 5. The van der Waals surface area contributed by atoms with E-state index in [-0.39, 0.29) is 17.0 Å². The van der Waals surface area contributed by atoms with Gasteiger partial charge in [-0.2, -0.15) is 5.26 Å². The van der Waals surface area contributed by atoms with E-state index in [1.165, 1.54) is 24.3 Å². The van der Waals surface area contributed by atoms with Gasteiger partial charge in [-0.25, -0.2) is 4.79 Å². The fraction of sp³-hybridized carbons (Fsp3) is 0. The van der Waals surface area contributed by atoms with Crippen LogP contribution in [0.1, 0.15) is 21.5 Å². The Balaban J connectivity index is 1.81. The summed E-state index contributed by atoms with van der Waals surface area (Å²) < 4.78 is 5.34. The van der Waals surface area contributed by atoms with Gasteiger partial charge in [-0.05, 0) is 53.6 Å². The smallest absolute Gasteiger partial charge is 0.343 e. The quantitative estimate of drug-likeness (QED) is 0.139. The molecule has 0 N–H and O–H groups in total. The average Bonchev–Trinajstić information content (AvgIpc) is 2.72. The van der Waals surface area contributed by atoms with Crippen LogP contribution in [0.2, 0.25) is 5.02 Å². The van der Waals surface area contributed by atoms with Crippen molar-refractivity contribution in [1.82, 2.24) is 0 Å². The molecule has 0 saturated carbocycles. The Bertz CT molecular complexity index is 1150. The first-order valence-corrected chi connectivity index (χ1v) is 8.78. The third-order valence-electron chi connectivity index (χ3n) is 3.95. The molecule has 29 heavy (non-hydrogen) atoms. The summed E-state index contributed by atoms with van der Waals surface area (Å²) in [6.45, 7) is 0. The Morgan fingerprint density at radius 1 is 1.03 bits per heavy atom. The molecule has 0 saturated heterocycles.